The fourth-order valence-electron chi connectivity index (χ4n) is 3.80. The van der Waals surface area contributed by atoms with Gasteiger partial charge in [0.1, 0.15) is 0 Å². The van der Waals surface area contributed by atoms with Crippen LogP contribution in [0.2, 0.25) is 0 Å². The van der Waals surface area contributed by atoms with E-state index in [1.807, 2.05) is 59.5 Å². The molecule has 2 heterocycles. The lowest BCUT2D eigenvalue weighted by Crippen LogP contribution is -2.43. The number of hydrogen-bond acceptors (Lipinski definition) is 5. The van der Waals surface area contributed by atoms with Gasteiger partial charge in [0.2, 0.25) is 0 Å². The van der Waals surface area contributed by atoms with E-state index in [1.54, 1.807) is 11.3 Å². The molecule has 30 heavy (non-hydrogen) atoms. The topological polar surface area (TPSA) is 45.7 Å². The molecule has 0 unspecified atom stereocenters. The van der Waals surface area contributed by atoms with E-state index < -0.39 is 0 Å². The summed E-state index contributed by atoms with van der Waals surface area (Å²) in [5.74, 6) is -0.00642. The molecule has 0 atom stereocenters. The summed E-state index contributed by atoms with van der Waals surface area (Å²) < 4.78 is 6.55. The fourth-order valence-corrected chi connectivity index (χ4v) is 4.79. The number of morpholine rings is 1. The molecule has 1 fully saturated rings. The van der Waals surface area contributed by atoms with Crippen LogP contribution < -0.4 is 4.90 Å². The highest BCUT2D eigenvalue weighted by atomic mass is 32.1. The number of nitrogens with zero attached hydrogens (tertiary/aromatic N) is 3. The molecular formula is C24H23N3O2S. The minimum Gasteiger partial charge on any atom is -0.379 e. The largest absolute Gasteiger partial charge is 0.379 e. The molecule has 6 heteroatoms. The average molecular weight is 418 g/mol. The second kappa shape index (κ2) is 8.52. The number of rotatable bonds is 5. The summed E-state index contributed by atoms with van der Waals surface area (Å²) in [5.41, 5.74) is 1.62. The Morgan fingerprint density at radius 3 is 2.60 bits per heavy atom. The molecule has 0 aliphatic carbocycles. The highest BCUT2D eigenvalue weighted by Gasteiger charge is 2.23. The Hall–Kier alpha value is -2.80. The van der Waals surface area contributed by atoms with Gasteiger partial charge < -0.3 is 4.74 Å². The molecule has 0 spiro atoms. The Kier molecular flexibility index (Phi) is 5.45. The number of para-hydroxylation sites is 1. The van der Waals surface area contributed by atoms with Crippen LogP contribution in [0.15, 0.2) is 66.7 Å². The summed E-state index contributed by atoms with van der Waals surface area (Å²) >= 11 is 1.57. The number of ether oxygens (including phenoxy) is 1. The summed E-state index contributed by atoms with van der Waals surface area (Å²) in [7, 11) is 0. The lowest BCUT2D eigenvalue weighted by Gasteiger charge is -2.29. The van der Waals surface area contributed by atoms with E-state index in [2.05, 4.69) is 17.0 Å². The van der Waals surface area contributed by atoms with Crippen LogP contribution >= 0.6 is 11.3 Å². The molecule has 1 aliphatic heterocycles. The molecule has 152 valence electrons. The molecule has 5 rings (SSSR count). The third-order valence-corrected chi connectivity index (χ3v) is 6.56. The second-order valence-corrected chi connectivity index (χ2v) is 8.45. The van der Waals surface area contributed by atoms with Crippen LogP contribution in [0.25, 0.3) is 21.0 Å². The van der Waals surface area contributed by atoms with Gasteiger partial charge in [0.05, 0.1) is 23.4 Å². The number of thiazole rings is 1. The van der Waals surface area contributed by atoms with Crippen molar-refractivity contribution in [1.82, 2.24) is 9.88 Å². The smallest absolute Gasteiger partial charge is 0.260 e. The zero-order chi connectivity index (χ0) is 20.3. The van der Waals surface area contributed by atoms with Gasteiger partial charge in [0.25, 0.3) is 5.91 Å². The maximum atomic E-state index is 13.6. The Morgan fingerprint density at radius 1 is 1.00 bits per heavy atom. The van der Waals surface area contributed by atoms with Crippen LogP contribution in [-0.2, 0) is 4.74 Å². The third-order valence-electron chi connectivity index (χ3n) is 5.50. The summed E-state index contributed by atoms with van der Waals surface area (Å²) in [6.45, 7) is 4.71. The van der Waals surface area contributed by atoms with Crippen molar-refractivity contribution >= 4 is 43.4 Å². The van der Waals surface area contributed by atoms with Gasteiger partial charge in [-0.15, -0.1) is 0 Å². The Balaban J connectivity index is 1.47. The van der Waals surface area contributed by atoms with Crippen molar-refractivity contribution in [1.29, 1.82) is 0 Å². The van der Waals surface area contributed by atoms with E-state index >= 15 is 0 Å². The van der Waals surface area contributed by atoms with Crippen molar-refractivity contribution in [2.45, 2.75) is 0 Å². The van der Waals surface area contributed by atoms with Gasteiger partial charge in [-0.3, -0.25) is 14.6 Å². The van der Waals surface area contributed by atoms with Gasteiger partial charge in [-0.1, -0.05) is 53.8 Å². The predicted molar refractivity (Wildman–Crippen MR) is 123 cm³/mol. The van der Waals surface area contributed by atoms with Crippen molar-refractivity contribution in [3.63, 3.8) is 0 Å². The molecule has 0 saturated carbocycles. The van der Waals surface area contributed by atoms with Crippen molar-refractivity contribution < 1.29 is 9.53 Å². The molecule has 0 N–H and O–H groups in total. The minimum absolute atomic E-state index is 0.00642. The number of fused-ring (bicyclic) bond motifs is 2. The number of carbonyl (C=O) groups excluding carboxylic acids is 1. The number of hydrogen-bond donors (Lipinski definition) is 0. The first-order chi connectivity index (χ1) is 14.8. The maximum absolute atomic E-state index is 13.6. The number of anilines is 1. The summed E-state index contributed by atoms with van der Waals surface area (Å²) in [5, 5.41) is 2.96. The molecule has 4 aromatic rings. The van der Waals surface area contributed by atoms with Gasteiger partial charge >= 0.3 is 0 Å². The molecule has 0 bridgehead atoms. The van der Waals surface area contributed by atoms with Crippen molar-refractivity contribution in [2.24, 2.45) is 0 Å². The molecule has 1 saturated heterocycles. The highest BCUT2D eigenvalue weighted by molar-refractivity contribution is 7.22. The Morgan fingerprint density at radius 2 is 1.77 bits per heavy atom. The monoisotopic (exact) mass is 417 g/mol. The number of benzene rings is 3. The van der Waals surface area contributed by atoms with Gasteiger partial charge in [-0.2, -0.15) is 0 Å². The molecule has 1 aromatic heterocycles. The lowest BCUT2D eigenvalue weighted by atomic mass is 10.1. The highest BCUT2D eigenvalue weighted by Crippen LogP contribution is 2.30. The Bertz CT molecular complexity index is 1150. The van der Waals surface area contributed by atoms with Gasteiger partial charge in [-0.05, 0) is 35.0 Å². The van der Waals surface area contributed by atoms with E-state index in [9.17, 15) is 4.79 Å². The quantitative estimate of drug-likeness (QED) is 0.482. The fraction of sp³-hybridized carbons (Fsp3) is 0.250. The lowest BCUT2D eigenvalue weighted by molar-refractivity contribution is 0.0391. The first kappa shape index (κ1) is 19.2. The normalized spacial score (nSPS) is 14.9. The zero-order valence-electron chi connectivity index (χ0n) is 16.7. The van der Waals surface area contributed by atoms with E-state index in [1.165, 1.54) is 0 Å². The SMILES string of the molecule is O=C(c1ccc2ccccc2c1)N(CCN1CCOCC1)c1nc2ccccc2s1. The van der Waals surface area contributed by atoms with E-state index in [4.69, 9.17) is 9.72 Å². The van der Waals surface area contributed by atoms with Gasteiger partial charge in [-0.25, -0.2) is 4.98 Å². The first-order valence-electron chi connectivity index (χ1n) is 10.2. The van der Waals surface area contributed by atoms with Gasteiger partial charge in [0.15, 0.2) is 5.13 Å². The van der Waals surface area contributed by atoms with Crippen LogP contribution in [0.1, 0.15) is 10.4 Å². The Labute approximate surface area is 179 Å². The molecule has 5 nitrogen and oxygen atoms in total. The van der Waals surface area contributed by atoms with E-state index in [-0.39, 0.29) is 5.91 Å². The average Bonchev–Trinajstić information content (AvgIpc) is 3.23. The van der Waals surface area contributed by atoms with Gasteiger partial charge in [0, 0.05) is 31.7 Å². The number of carbonyl (C=O) groups is 1. The van der Waals surface area contributed by atoms with Crippen LogP contribution in [0.4, 0.5) is 5.13 Å². The number of amides is 1. The van der Waals surface area contributed by atoms with Crippen LogP contribution in [-0.4, -0.2) is 55.2 Å². The predicted octanol–water partition coefficient (Wildman–Crippen LogP) is 4.43. The first-order valence-corrected chi connectivity index (χ1v) is 11.1. The summed E-state index contributed by atoms with van der Waals surface area (Å²) in [6.07, 6.45) is 0. The summed E-state index contributed by atoms with van der Waals surface area (Å²) in [4.78, 5) is 22.5. The molecule has 1 aliphatic rings. The standard InChI is InChI=1S/C24H23N3O2S/c28-23(20-10-9-18-5-1-2-6-19(18)17-20)27(12-11-26-13-15-29-16-14-26)24-25-21-7-3-4-8-22(21)30-24/h1-10,17H,11-16H2. The maximum Gasteiger partial charge on any atom is 0.260 e. The molecule has 3 aromatic carbocycles. The van der Waals surface area contributed by atoms with Crippen molar-refractivity contribution in [3.05, 3.63) is 72.3 Å². The van der Waals surface area contributed by atoms with Crippen LogP contribution in [0, 0.1) is 0 Å². The molecule has 1 amide bonds. The second-order valence-electron chi connectivity index (χ2n) is 7.44. The van der Waals surface area contributed by atoms with Crippen LogP contribution in [0.3, 0.4) is 0 Å². The van der Waals surface area contributed by atoms with Crippen LogP contribution in [0.5, 0.6) is 0 Å². The third kappa shape index (κ3) is 3.94. The molecule has 0 radical (unpaired) electrons. The van der Waals surface area contributed by atoms with Crippen molar-refractivity contribution in [2.75, 3.05) is 44.3 Å². The molecular weight excluding hydrogens is 394 g/mol. The van der Waals surface area contributed by atoms with E-state index in [0.717, 1.165) is 59.0 Å². The summed E-state index contributed by atoms with van der Waals surface area (Å²) in [6, 6.07) is 22.1. The van der Waals surface area contributed by atoms with Crippen molar-refractivity contribution in [3.8, 4) is 0 Å². The zero-order valence-corrected chi connectivity index (χ0v) is 17.5. The number of aromatic nitrogens is 1. The van der Waals surface area contributed by atoms with E-state index in [0.29, 0.717) is 12.1 Å². The minimum atomic E-state index is -0.00642.